The highest BCUT2D eigenvalue weighted by atomic mass is 19.4. The van der Waals surface area contributed by atoms with Crippen molar-refractivity contribution in [3.05, 3.63) is 35.8 Å². The van der Waals surface area contributed by atoms with Crippen LogP contribution in [0, 0.1) is 12.7 Å². The molecule has 0 aliphatic carbocycles. The van der Waals surface area contributed by atoms with Gasteiger partial charge in [-0.15, -0.1) is 10.2 Å². The molecule has 0 aromatic carbocycles. The summed E-state index contributed by atoms with van der Waals surface area (Å²) in [5, 5.41) is 7.06. The summed E-state index contributed by atoms with van der Waals surface area (Å²) in [5.41, 5.74) is 0.387. The van der Waals surface area contributed by atoms with E-state index >= 15 is 0 Å². The minimum Gasteiger partial charge on any atom is -0.466 e. The number of fused-ring (bicyclic) bond motifs is 1. The van der Waals surface area contributed by atoms with Crippen LogP contribution in [-0.4, -0.2) is 37.3 Å². The Hall–Kier alpha value is -2.92. The van der Waals surface area contributed by atoms with Gasteiger partial charge < -0.3 is 4.74 Å². The molecule has 0 amide bonds. The van der Waals surface area contributed by atoms with Crippen LogP contribution in [0.2, 0.25) is 0 Å². The Kier molecular flexibility index (Phi) is 4.44. The lowest BCUT2D eigenvalue weighted by Crippen LogP contribution is -2.20. The molecule has 0 saturated heterocycles. The second kappa shape index (κ2) is 6.35. The van der Waals surface area contributed by atoms with Crippen molar-refractivity contribution in [1.29, 1.82) is 0 Å². The molecule has 0 fully saturated rings. The van der Waals surface area contributed by atoms with Crippen LogP contribution < -0.4 is 4.74 Å². The zero-order valence-corrected chi connectivity index (χ0v) is 13.9. The lowest BCUT2D eigenvalue weighted by Gasteiger charge is -2.13. The molecule has 0 atom stereocenters. The van der Waals surface area contributed by atoms with Gasteiger partial charge in [-0.05, 0) is 13.0 Å². The smallest absolute Gasteiger partial charge is 0.422 e. The van der Waals surface area contributed by atoms with E-state index in [0.717, 1.165) is 22.9 Å². The van der Waals surface area contributed by atoms with Crippen molar-refractivity contribution in [1.82, 2.24) is 24.6 Å². The minimum absolute atomic E-state index is 0.0605. The third-order valence-electron chi connectivity index (χ3n) is 3.52. The van der Waals surface area contributed by atoms with Crippen molar-refractivity contribution < 1.29 is 31.1 Å². The van der Waals surface area contributed by atoms with E-state index in [9.17, 15) is 26.3 Å². The molecular weight excluding hydrogens is 380 g/mol. The molecule has 0 bridgehead atoms. The Balaban J connectivity index is 2.03. The molecule has 0 aliphatic rings. The predicted molar refractivity (Wildman–Crippen MR) is 79.8 cm³/mol. The Morgan fingerprint density at radius 2 is 1.78 bits per heavy atom. The van der Waals surface area contributed by atoms with E-state index in [2.05, 4.69) is 24.9 Å². The van der Waals surface area contributed by atoms with Gasteiger partial charge in [0.05, 0.1) is 11.9 Å². The minimum atomic E-state index is -4.65. The molecule has 0 spiro atoms. The molecule has 3 aromatic heterocycles. The maximum Gasteiger partial charge on any atom is 0.422 e. The zero-order valence-electron chi connectivity index (χ0n) is 13.9. The van der Waals surface area contributed by atoms with Crippen molar-refractivity contribution in [2.75, 3.05) is 6.61 Å². The first-order valence-electron chi connectivity index (χ1n) is 7.42. The van der Waals surface area contributed by atoms with Gasteiger partial charge in [-0.1, -0.05) is 0 Å². The van der Waals surface area contributed by atoms with E-state index in [1.54, 1.807) is 0 Å². The van der Waals surface area contributed by atoms with Crippen molar-refractivity contribution in [2.45, 2.75) is 25.9 Å². The van der Waals surface area contributed by atoms with Crippen LogP contribution in [0.5, 0.6) is 5.88 Å². The largest absolute Gasteiger partial charge is 0.466 e. The number of aryl methyl sites for hydroxylation is 1. The maximum atomic E-state index is 14.0. The van der Waals surface area contributed by atoms with Gasteiger partial charge >= 0.3 is 12.1 Å². The second-order valence-electron chi connectivity index (χ2n) is 5.71. The zero-order chi connectivity index (χ0) is 20.0. The van der Waals surface area contributed by atoms with Crippen LogP contribution in [0.25, 0.3) is 16.9 Å². The van der Waals surface area contributed by atoms with E-state index < -0.39 is 36.2 Å². The normalized spacial score (nSPS) is 12.6. The molecule has 3 aromatic rings. The third-order valence-corrected chi connectivity index (χ3v) is 3.52. The molecule has 0 saturated carbocycles. The van der Waals surface area contributed by atoms with Crippen LogP contribution in [0.4, 0.5) is 26.3 Å². The predicted octanol–water partition coefficient (Wildman–Crippen LogP) is 3.69. The first kappa shape index (κ1) is 18.9. The van der Waals surface area contributed by atoms with Crippen LogP contribution in [0.3, 0.4) is 0 Å². The number of halogens is 6. The lowest BCUT2D eigenvalue weighted by molar-refractivity contribution is -0.154. The summed E-state index contributed by atoms with van der Waals surface area (Å²) >= 11 is 0. The van der Waals surface area contributed by atoms with Gasteiger partial charge in [-0.25, -0.2) is 9.37 Å². The fourth-order valence-electron chi connectivity index (χ4n) is 2.41. The first-order valence-corrected chi connectivity index (χ1v) is 7.42. The highest BCUT2D eigenvalue weighted by Gasteiger charge is 2.32. The Morgan fingerprint density at radius 1 is 1.07 bits per heavy atom. The molecule has 27 heavy (non-hydrogen) atoms. The van der Waals surface area contributed by atoms with Crippen LogP contribution in [0.1, 0.15) is 18.4 Å². The fraction of sp³-hybridized carbons (Fsp3) is 0.333. The summed E-state index contributed by atoms with van der Waals surface area (Å²) in [7, 11) is 0. The molecule has 3 rings (SSSR count). The molecule has 0 aliphatic heterocycles. The number of ether oxygens (including phenoxy) is 1. The number of pyridine rings is 1. The van der Waals surface area contributed by atoms with Crippen LogP contribution in [-0.2, 0) is 5.92 Å². The van der Waals surface area contributed by atoms with E-state index in [1.165, 1.54) is 6.92 Å². The molecule has 0 radical (unpaired) electrons. The Morgan fingerprint density at radius 3 is 2.37 bits per heavy atom. The number of hydrogen-bond acceptors (Lipinski definition) is 5. The number of aromatic nitrogens is 5. The summed E-state index contributed by atoms with van der Waals surface area (Å²) < 4.78 is 83.3. The van der Waals surface area contributed by atoms with Crippen LogP contribution >= 0.6 is 0 Å². The summed E-state index contributed by atoms with van der Waals surface area (Å²) in [6.07, 6.45) is -2.45. The van der Waals surface area contributed by atoms with Gasteiger partial charge in [-0.2, -0.15) is 22.0 Å². The molecule has 3 heterocycles. The van der Waals surface area contributed by atoms with Crippen molar-refractivity contribution >= 4 is 5.65 Å². The Bertz CT molecular complexity index is 995. The second-order valence-corrected chi connectivity index (χ2v) is 5.71. The topological polar surface area (TPSA) is 65.2 Å². The molecule has 12 heteroatoms. The SMILES string of the molecule is Cc1c(-c2cnc(OCC(F)(F)F)c(F)c2)ncc2nnc(C(C)(F)F)n12. The van der Waals surface area contributed by atoms with Crippen molar-refractivity contribution in [2.24, 2.45) is 0 Å². The van der Waals surface area contributed by atoms with E-state index in [-0.39, 0.29) is 22.6 Å². The Labute approximate surface area is 147 Å². The monoisotopic (exact) mass is 391 g/mol. The van der Waals surface area contributed by atoms with Gasteiger partial charge in [-0.3, -0.25) is 9.38 Å². The number of hydrogen-bond donors (Lipinski definition) is 0. The average molecular weight is 391 g/mol. The summed E-state index contributed by atoms with van der Waals surface area (Å²) in [4.78, 5) is 7.54. The van der Waals surface area contributed by atoms with E-state index in [1.807, 2.05) is 0 Å². The van der Waals surface area contributed by atoms with Gasteiger partial charge in [0.1, 0.15) is 0 Å². The van der Waals surface area contributed by atoms with Crippen molar-refractivity contribution in [3.63, 3.8) is 0 Å². The standard InChI is InChI=1S/C15H11F6N5O/c1-7-11(22-5-10-24-25-13(26(7)10)14(2,17)18)8-3-9(16)12(23-4-8)27-6-15(19,20)21/h3-5H,6H2,1-2H3. The number of rotatable bonds is 4. The third kappa shape index (κ3) is 3.78. The molecule has 6 nitrogen and oxygen atoms in total. The number of nitrogens with zero attached hydrogens (tertiary/aromatic N) is 5. The van der Waals surface area contributed by atoms with E-state index in [4.69, 9.17) is 0 Å². The highest BCUT2D eigenvalue weighted by molar-refractivity contribution is 5.63. The molecule has 0 N–H and O–H groups in total. The summed E-state index contributed by atoms with van der Waals surface area (Å²) in [5.74, 6) is -5.90. The van der Waals surface area contributed by atoms with Crippen LogP contribution in [0.15, 0.2) is 18.5 Å². The number of alkyl halides is 5. The van der Waals surface area contributed by atoms with Gasteiger partial charge in [0.2, 0.25) is 5.82 Å². The molecular formula is C15H11F6N5O. The van der Waals surface area contributed by atoms with Crippen molar-refractivity contribution in [3.8, 4) is 17.1 Å². The molecule has 0 unspecified atom stereocenters. The summed E-state index contributed by atoms with van der Waals surface area (Å²) in [6.45, 7) is 0.395. The lowest BCUT2D eigenvalue weighted by atomic mass is 10.1. The van der Waals surface area contributed by atoms with Gasteiger partial charge in [0.25, 0.3) is 5.88 Å². The maximum absolute atomic E-state index is 14.0. The first-order chi connectivity index (χ1) is 12.5. The quantitative estimate of drug-likeness (QED) is 0.635. The summed E-state index contributed by atoms with van der Waals surface area (Å²) in [6, 6.07) is 0.855. The highest BCUT2D eigenvalue weighted by Crippen LogP contribution is 2.30. The van der Waals surface area contributed by atoms with Gasteiger partial charge in [0.15, 0.2) is 18.1 Å². The molecule has 144 valence electrons. The van der Waals surface area contributed by atoms with Gasteiger partial charge in [0, 0.05) is 24.4 Å². The van der Waals surface area contributed by atoms with E-state index in [0.29, 0.717) is 6.92 Å². The fourth-order valence-corrected chi connectivity index (χ4v) is 2.41. The average Bonchev–Trinajstić information content (AvgIpc) is 2.98.